The fourth-order valence-corrected chi connectivity index (χ4v) is 1.18. The van der Waals surface area contributed by atoms with Gasteiger partial charge in [0.15, 0.2) is 0 Å². The molecule has 3 nitrogen and oxygen atoms in total. The summed E-state index contributed by atoms with van der Waals surface area (Å²) in [6.07, 6.45) is 1.73. The van der Waals surface area contributed by atoms with Crippen molar-refractivity contribution in [1.82, 2.24) is 10.3 Å². The molecule has 0 saturated carbocycles. The topological polar surface area (TPSA) is 42.0 Å². The van der Waals surface area contributed by atoms with Gasteiger partial charge in [-0.2, -0.15) is 0 Å². The number of hydrogen-bond acceptors (Lipinski definition) is 2. The molecular weight excluding hydrogens is 244 g/mol. The molecule has 0 aromatic carbocycles. The van der Waals surface area contributed by atoms with Crippen LogP contribution in [-0.2, 0) is 11.3 Å². The zero-order valence-electron chi connectivity index (χ0n) is 8.25. The summed E-state index contributed by atoms with van der Waals surface area (Å²) in [5, 5.41) is 2.79. The average molecular weight is 257 g/mol. The molecule has 1 N–H and O–H groups in total. The van der Waals surface area contributed by atoms with Crippen molar-refractivity contribution in [3.05, 3.63) is 29.6 Å². The second-order valence-electron chi connectivity index (χ2n) is 3.10. The number of pyridine rings is 1. The van der Waals surface area contributed by atoms with E-state index in [0.717, 1.165) is 11.3 Å². The number of amides is 1. The summed E-state index contributed by atoms with van der Waals surface area (Å²) in [5.41, 5.74) is 2.00. The Morgan fingerprint density at radius 2 is 2.43 bits per heavy atom. The molecule has 0 fully saturated rings. The number of halogens is 1. The minimum atomic E-state index is -0.161. The van der Waals surface area contributed by atoms with E-state index in [1.165, 1.54) is 0 Å². The van der Waals surface area contributed by atoms with E-state index in [-0.39, 0.29) is 10.7 Å². The van der Waals surface area contributed by atoms with Gasteiger partial charge < -0.3 is 5.32 Å². The fourth-order valence-electron chi connectivity index (χ4n) is 1.01. The molecule has 14 heavy (non-hydrogen) atoms. The molecule has 0 spiro atoms. The highest BCUT2D eigenvalue weighted by Crippen LogP contribution is 2.03. The van der Waals surface area contributed by atoms with Crippen molar-refractivity contribution < 1.29 is 4.79 Å². The van der Waals surface area contributed by atoms with E-state index >= 15 is 0 Å². The number of nitrogens with zero attached hydrogens (tertiary/aromatic N) is 1. The van der Waals surface area contributed by atoms with Gasteiger partial charge in [0.1, 0.15) is 0 Å². The summed E-state index contributed by atoms with van der Waals surface area (Å²) in [7, 11) is 0. The first-order chi connectivity index (χ1) is 6.61. The van der Waals surface area contributed by atoms with Crippen LogP contribution >= 0.6 is 15.9 Å². The van der Waals surface area contributed by atoms with Crippen LogP contribution in [0.15, 0.2) is 18.3 Å². The third-order valence-electron chi connectivity index (χ3n) is 1.91. The molecule has 1 aromatic heterocycles. The van der Waals surface area contributed by atoms with Crippen LogP contribution in [0.4, 0.5) is 0 Å². The fraction of sp³-hybridized carbons (Fsp3) is 0.400. The molecule has 0 aliphatic heterocycles. The van der Waals surface area contributed by atoms with Crippen molar-refractivity contribution >= 4 is 21.8 Å². The molecule has 76 valence electrons. The van der Waals surface area contributed by atoms with Gasteiger partial charge in [0, 0.05) is 6.20 Å². The standard InChI is InChI=1S/C10H13BrN2O/c1-7-4-3-5-12-9(7)6-13-10(14)8(2)11/h3-5,8H,6H2,1-2H3,(H,13,14). The zero-order valence-corrected chi connectivity index (χ0v) is 9.84. The third kappa shape index (κ3) is 3.10. The van der Waals surface area contributed by atoms with Gasteiger partial charge in [-0.25, -0.2) is 0 Å². The molecule has 0 radical (unpaired) electrons. The quantitative estimate of drug-likeness (QED) is 0.839. The van der Waals surface area contributed by atoms with Gasteiger partial charge in [0.2, 0.25) is 5.91 Å². The predicted octanol–water partition coefficient (Wildman–Crippen LogP) is 1.79. The first-order valence-corrected chi connectivity index (χ1v) is 5.35. The van der Waals surface area contributed by atoms with Crippen LogP contribution in [0.1, 0.15) is 18.2 Å². The molecular formula is C10H13BrN2O. The van der Waals surface area contributed by atoms with Gasteiger partial charge in [-0.1, -0.05) is 22.0 Å². The van der Waals surface area contributed by atoms with Crippen LogP contribution in [0.5, 0.6) is 0 Å². The van der Waals surface area contributed by atoms with Crippen LogP contribution in [0.3, 0.4) is 0 Å². The molecule has 1 unspecified atom stereocenters. The Kier molecular flexibility index (Phi) is 4.07. The minimum Gasteiger partial charge on any atom is -0.349 e. The number of nitrogens with one attached hydrogen (secondary N) is 1. The summed E-state index contributed by atoms with van der Waals surface area (Å²) < 4.78 is 0. The predicted molar refractivity (Wildman–Crippen MR) is 59.2 cm³/mol. The summed E-state index contributed by atoms with van der Waals surface area (Å²) in [6, 6.07) is 3.86. The van der Waals surface area contributed by atoms with Gasteiger partial charge in [-0.15, -0.1) is 0 Å². The Balaban J connectivity index is 2.54. The molecule has 1 rings (SSSR count). The Bertz CT molecular complexity index is 326. The van der Waals surface area contributed by atoms with E-state index < -0.39 is 0 Å². The normalized spacial score (nSPS) is 12.2. The lowest BCUT2D eigenvalue weighted by molar-refractivity contribution is -0.120. The highest BCUT2D eigenvalue weighted by atomic mass is 79.9. The summed E-state index contributed by atoms with van der Waals surface area (Å²) in [4.78, 5) is 15.3. The maximum absolute atomic E-state index is 11.2. The molecule has 0 aliphatic carbocycles. The van der Waals surface area contributed by atoms with Gasteiger partial charge in [0.25, 0.3) is 0 Å². The number of carbonyl (C=O) groups is 1. The lowest BCUT2D eigenvalue weighted by Gasteiger charge is -2.07. The van der Waals surface area contributed by atoms with Crippen LogP contribution < -0.4 is 5.32 Å². The van der Waals surface area contributed by atoms with Gasteiger partial charge in [-0.3, -0.25) is 9.78 Å². The Labute approximate surface area is 92.1 Å². The van der Waals surface area contributed by atoms with Crippen LogP contribution in [0.2, 0.25) is 0 Å². The number of carbonyl (C=O) groups excluding carboxylic acids is 1. The molecule has 1 heterocycles. The van der Waals surface area contributed by atoms with E-state index in [9.17, 15) is 4.79 Å². The molecule has 0 aliphatic rings. The van der Waals surface area contributed by atoms with Crippen molar-refractivity contribution in [2.24, 2.45) is 0 Å². The first-order valence-electron chi connectivity index (χ1n) is 4.43. The molecule has 4 heteroatoms. The van der Waals surface area contributed by atoms with Crippen molar-refractivity contribution in [2.75, 3.05) is 0 Å². The smallest absolute Gasteiger partial charge is 0.233 e. The Morgan fingerprint density at radius 3 is 3.00 bits per heavy atom. The van der Waals surface area contributed by atoms with Crippen molar-refractivity contribution in [3.63, 3.8) is 0 Å². The van der Waals surface area contributed by atoms with Gasteiger partial charge in [0.05, 0.1) is 17.1 Å². The van der Waals surface area contributed by atoms with Crippen LogP contribution in [-0.4, -0.2) is 15.7 Å². The number of hydrogen-bond donors (Lipinski definition) is 1. The lowest BCUT2D eigenvalue weighted by atomic mass is 10.2. The van der Waals surface area contributed by atoms with E-state index in [1.54, 1.807) is 13.1 Å². The SMILES string of the molecule is Cc1cccnc1CNC(=O)C(C)Br. The number of aryl methyl sites for hydroxylation is 1. The average Bonchev–Trinajstić information content (AvgIpc) is 2.16. The lowest BCUT2D eigenvalue weighted by Crippen LogP contribution is -2.29. The second-order valence-corrected chi connectivity index (χ2v) is 4.47. The van der Waals surface area contributed by atoms with E-state index in [2.05, 4.69) is 26.2 Å². The van der Waals surface area contributed by atoms with Crippen molar-refractivity contribution in [1.29, 1.82) is 0 Å². The second kappa shape index (κ2) is 5.10. The summed E-state index contributed by atoms with van der Waals surface area (Å²) in [5.74, 6) is -0.0185. The maximum atomic E-state index is 11.2. The first kappa shape index (κ1) is 11.2. The van der Waals surface area contributed by atoms with Crippen molar-refractivity contribution in [3.8, 4) is 0 Å². The minimum absolute atomic E-state index is 0.0185. The van der Waals surface area contributed by atoms with Crippen LogP contribution in [0.25, 0.3) is 0 Å². The van der Waals surface area contributed by atoms with Gasteiger partial charge >= 0.3 is 0 Å². The summed E-state index contributed by atoms with van der Waals surface area (Å²) in [6.45, 7) is 4.26. The van der Waals surface area contributed by atoms with Gasteiger partial charge in [-0.05, 0) is 25.5 Å². The van der Waals surface area contributed by atoms with E-state index in [0.29, 0.717) is 6.54 Å². The largest absolute Gasteiger partial charge is 0.349 e. The molecule has 1 aromatic rings. The summed E-state index contributed by atoms with van der Waals surface area (Å²) >= 11 is 3.20. The van der Waals surface area contributed by atoms with E-state index in [1.807, 2.05) is 19.1 Å². The highest BCUT2D eigenvalue weighted by molar-refractivity contribution is 9.10. The zero-order chi connectivity index (χ0) is 10.6. The monoisotopic (exact) mass is 256 g/mol. The maximum Gasteiger partial charge on any atom is 0.233 e. The Hall–Kier alpha value is -0.900. The number of rotatable bonds is 3. The molecule has 0 saturated heterocycles. The molecule has 0 bridgehead atoms. The number of aromatic nitrogens is 1. The molecule has 1 atom stereocenters. The number of alkyl halides is 1. The van der Waals surface area contributed by atoms with Crippen LogP contribution in [0, 0.1) is 6.92 Å². The molecule has 1 amide bonds. The van der Waals surface area contributed by atoms with E-state index in [4.69, 9.17) is 0 Å². The van der Waals surface area contributed by atoms with Crippen molar-refractivity contribution in [2.45, 2.75) is 25.2 Å². The highest BCUT2D eigenvalue weighted by Gasteiger charge is 2.08. The third-order valence-corrected chi connectivity index (χ3v) is 2.33. The Morgan fingerprint density at radius 1 is 1.71 bits per heavy atom.